The highest BCUT2D eigenvalue weighted by atomic mass is 35.5. The number of rotatable bonds is 3. The monoisotopic (exact) mass is 319 g/mol. The predicted octanol–water partition coefficient (Wildman–Crippen LogP) is 4.22. The minimum Gasteiger partial charge on any atom is -0.396 e. The Hall–Kier alpha value is -2.04. The van der Waals surface area contributed by atoms with Gasteiger partial charge in [-0.15, -0.1) is 0 Å². The molecule has 0 aliphatic rings. The zero-order chi connectivity index (χ0) is 14.8. The molecule has 0 unspecified atom stereocenters. The largest absolute Gasteiger partial charge is 0.396 e. The van der Waals surface area contributed by atoms with Crippen LogP contribution in [-0.2, 0) is 6.42 Å². The molecule has 3 aromatic rings. The summed E-state index contributed by atoms with van der Waals surface area (Å²) >= 11 is 12.0. The van der Waals surface area contributed by atoms with Gasteiger partial charge in [-0.3, -0.25) is 0 Å². The van der Waals surface area contributed by atoms with Crippen molar-refractivity contribution in [2.45, 2.75) is 6.42 Å². The second-order valence-electron chi connectivity index (χ2n) is 4.53. The fourth-order valence-electron chi connectivity index (χ4n) is 1.93. The molecule has 3 rings (SSSR count). The van der Waals surface area contributed by atoms with Crippen molar-refractivity contribution in [3.05, 3.63) is 63.9 Å². The number of nitrogens with zero attached hydrogens (tertiary/aromatic N) is 2. The number of anilines is 1. The topological polar surface area (TPSA) is 64.9 Å². The van der Waals surface area contributed by atoms with Gasteiger partial charge in [-0.2, -0.15) is 4.98 Å². The Kier molecular flexibility index (Phi) is 3.82. The molecule has 0 atom stereocenters. The van der Waals surface area contributed by atoms with E-state index in [1.165, 1.54) is 0 Å². The highest BCUT2D eigenvalue weighted by Crippen LogP contribution is 2.32. The van der Waals surface area contributed by atoms with Crippen LogP contribution >= 0.6 is 23.2 Å². The molecular weight excluding hydrogens is 309 g/mol. The van der Waals surface area contributed by atoms with E-state index < -0.39 is 0 Å². The number of nitrogens with two attached hydrogens (primary N) is 1. The maximum absolute atomic E-state index is 6.01. The smallest absolute Gasteiger partial charge is 0.258 e. The first-order chi connectivity index (χ1) is 10.1. The van der Waals surface area contributed by atoms with Crippen molar-refractivity contribution in [1.82, 2.24) is 10.1 Å². The molecule has 1 aromatic heterocycles. The summed E-state index contributed by atoms with van der Waals surface area (Å²) < 4.78 is 5.25. The highest BCUT2D eigenvalue weighted by molar-refractivity contribution is 6.39. The van der Waals surface area contributed by atoms with E-state index in [0.29, 0.717) is 39.4 Å². The molecule has 0 aliphatic heterocycles. The minimum atomic E-state index is 0.339. The van der Waals surface area contributed by atoms with Crippen molar-refractivity contribution < 1.29 is 4.52 Å². The number of aromatic nitrogens is 2. The van der Waals surface area contributed by atoms with Gasteiger partial charge in [0.25, 0.3) is 5.89 Å². The third-order valence-corrected chi connectivity index (χ3v) is 3.62. The fourth-order valence-corrected chi connectivity index (χ4v) is 2.42. The standard InChI is InChI=1S/C15H11Cl2N3O/c16-11-7-10(8-12(17)14(11)18)15-19-13(20-21-15)6-9-4-2-1-3-5-9/h1-5,7-8H,6,18H2. The third-order valence-electron chi connectivity index (χ3n) is 3.00. The first-order valence-electron chi connectivity index (χ1n) is 6.25. The van der Waals surface area contributed by atoms with Crippen molar-refractivity contribution in [1.29, 1.82) is 0 Å². The molecule has 21 heavy (non-hydrogen) atoms. The van der Waals surface area contributed by atoms with Gasteiger partial charge in [0.2, 0.25) is 0 Å². The maximum atomic E-state index is 6.01. The van der Waals surface area contributed by atoms with E-state index in [4.69, 9.17) is 33.5 Å². The molecule has 106 valence electrons. The summed E-state index contributed by atoms with van der Waals surface area (Å²) in [7, 11) is 0. The van der Waals surface area contributed by atoms with Crippen LogP contribution in [0.3, 0.4) is 0 Å². The van der Waals surface area contributed by atoms with Crippen LogP contribution in [0.1, 0.15) is 11.4 Å². The quantitative estimate of drug-likeness (QED) is 0.734. The second-order valence-corrected chi connectivity index (χ2v) is 5.35. The highest BCUT2D eigenvalue weighted by Gasteiger charge is 2.13. The summed E-state index contributed by atoms with van der Waals surface area (Å²) in [5.41, 5.74) is 7.80. The minimum absolute atomic E-state index is 0.339. The molecule has 0 radical (unpaired) electrons. The Balaban J connectivity index is 1.88. The summed E-state index contributed by atoms with van der Waals surface area (Å²) in [6.45, 7) is 0. The van der Waals surface area contributed by atoms with E-state index in [2.05, 4.69) is 10.1 Å². The van der Waals surface area contributed by atoms with E-state index in [1.807, 2.05) is 30.3 Å². The van der Waals surface area contributed by atoms with Crippen molar-refractivity contribution in [2.75, 3.05) is 5.73 Å². The van der Waals surface area contributed by atoms with Crippen LogP contribution in [0.25, 0.3) is 11.5 Å². The lowest BCUT2D eigenvalue weighted by atomic mass is 10.1. The Morgan fingerprint density at radius 2 is 1.71 bits per heavy atom. The van der Waals surface area contributed by atoms with Crippen molar-refractivity contribution in [3.8, 4) is 11.5 Å². The number of halogens is 2. The van der Waals surface area contributed by atoms with Gasteiger partial charge in [0.15, 0.2) is 5.82 Å². The predicted molar refractivity (Wildman–Crippen MR) is 83.4 cm³/mol. The Morgan fingerprint density at radius 3 is 2.38 bits per heavy atom. The van der Waals surface area contributed by atoms with E-state index in [0.717, 1.165) is 5.56 Å². The van der Waals surface area contributed by atoms with Crippen molar-refractivity contribution in [3.63, 3.8) is 0 Å². The average molecular weight is 320 g/mol. The van der Waals surface area contributed by atoms with Crippen molar-refractivity contribution >= 4 is 28.9 Å². The number of hydrogen-bond acceptors (Lipinski definition) is 4. The van der Waals surface area contributed by atoms with Crippen LogP contribution in [0.15, 0.2) is 47.0 Å². The molecule has 0 saturated carbocycles. The van der Waals surface area contributed by atoms with Crippen LogP contribution in [-0.4, -0.2) is 10.1 Å². The van der Waals surface area contributed by atoms with Gasteiger partial charge in [-0.05, 0) is 17.7 Å². The van der Waals surface area contributed by atoms with Gasteiger partial charge in [-0.25, -0.2) is 0 Å². The molecular formula is C15H11Cl2N3O. The molecule has 0 spiro atoms. The molecule has 6 heteroatoms. The van der Waals surface area contributed by atoms with Gasteiger partial charge < -0.3 is 10.3 Å². The summed E-state index contributed by atoms with van der Waals surface area (Å²) in [5.74, 6) is 0.963. The first kappa shape index (κ1) is 13.9. The lowest BCUT2D eigenvalue weighted by molar-refractivity contribution is 0.424. The fraction of sp³-hybridized carbons (Fsp3) is 0.0667. The van der Waals surface area contributed by atoms with Crippen molar-refractivity contribution in [2.24, 2.45) is 0 Å². The van der Waals surface area contributed by atoms with Crippen LogP contribution in [0.4, 0.5) is 5.69 Å². The van der Waals surface area contributed by atoms with Crippen LogP contribution < -0.4 is 5.73 Å². The SMILES string of the molecule is Nc1c(Cl)cc(-c2nc(Cc3ccccc3)no2)cc1Cl. The number of hydrogen-bond donors (Lipinski definition) is 1. The van der Waals surface area contributed by atoms with E-state index in [1.54, 1.807) is 12.1 Å². The van der Waals surface area contributed by atoms with Gasteiger partial charge in [0, 0.05) is 12.0 Å². The molecule has 2 aromatic carbocycles. The summed E-state index contributed by atoms with van der Waals surface area (Å²) in [6.07, 6.45) is 0.598. The van der Waals surface area contributed by atoms with Crippen LogP contribution in [0.2, 0.25) is 10.0 Å². The molecule has 1 heterocycles. The lowest BCUT2D eigenvalue weighted by Gasteiger charge is -2.02. The van der Waals surface area contributed by atoms with Crippen LogP contribution in [0, 0.1) is 0 Å². The number of benzene rings is 2. The van der Waals surface area contributed by atoms with Gasteiger partial charge in [0.1, 0.15) is 0 Å². The average Bonchev–Trinajstić information content (AvgIpc) is 2.94. The molecule has 0 fully saturated rings. The maximum Gasteiger partial charge on any atom is 0.258 e. The lowest BCUT2D eigenvalue weighted by Crippen LogP contribution is -1.91. The molecule has 2 N–H and O–H groups in total. The zero-order valence-electron chi connectivity index (χ0n) is 10.9. The van der Waals surface area contributed by atoms with E-state index >= 15 is 0 Å². The Morgan fingerprint density at radius 1 is 1.05 bits per heavy atom. The van der Waals surface area contributed by atoms with Gasteiger partial charge in [0.05, 0.1) is 15.7 Å². The molecule has 4 nitrogen and oxygen atoms in total. The normalized spacial score (nSPS) is 10.8. The summed E-state index contributed by atoms with van der Waals surface area (Å²) in [6, 6.07) is 13.2. The second kappa shape index (κ2) is 5.76. The Labute approximate surface area is 131 Å². The van der Waals surface area contributed by atoms with Gasteiger partial charge in [-0.1, -0.05) is 58.7 Å². The first-order valence-corrected chi connectivity index (χ1v) is 7.00. The summed E-state index contributed by atoms with van der Waals surface area (Å²) in [5, 5.41) is 4.69. The van der Waals surface area contributed by atoms with Gasteiger partial charge >= 0.3 is 0 Å². The number of nitrogen functional groups attached to an aromatic ring is 1. The van der Waals surface area contributed by atoms with E-state index in [9.17, 15) is 0 Å². The third kappa shape index (κ3) is 3.01. The zero-order valence-corrected chi connectivity index (χ0v) is 12.4. The molecule has 0 amide bonds. The molecule has 0 bridgehead atoms. The van der Waals surface area contributed by atoms with Crippen LogP contribution in [0.5, 0.6) is 0 Å². The van der Waals surface area contributed by atoms with E-state index in [-0.39, 0.29) is 0 Å². The molecule has 0 saturated heterocycles. The Bertz CT molecular complexity index is 749. The summed E-state index contributed by atoms with van der Waals surface area (Å²) in [4.78, 5) is 4.35. The molecule has 0 aliphatic carbocycles.